The van der Waals surface area contributed by atoms with Crippen LogP contribution in [-0.4, -0.2) is 58.5 Å². The number of hydrogen-bond acceptors (Lipinski definition) is 6. The number of benzene rings is 3. The lowest BCUT2D eigenvalue weighted by molar-refractivity contribution is -0.139. The summed E-state index contributed by atoms with van der Waals surface area (Å²) in [5.41, 5.74) is 0.898. The van der Waals surface area contributed by atoms with Crippen LogP contribution < -0.4 is 19.1 Å². The zero-order valence-corrected chi connectivity index (χ0v) is 26.3. The van der Waals surface area contributed by atoms with Crippen molar-refractivity contribution in [1.29, 1.82) is 0 Å². The predicted octanol–water partition coefficient (Wildman–Crippen LogP) is 5.54. The number of carbonyl (C=O) groups is 2. The van der Waals surface area contributed by atoms with Crippen molar-refractivity contribution in [1.82, 2.24) is 10.2 Å². The van der Waals surface area contributed by atoms with Crippen LogP contribution in [0.2, 0.25) is 10.0 Å². The van der Waals surface area contributed by atoms with Gasteiger partial charge in [0.05, 0.1) is 24.8 Å². The number of nitrogens with zero attached hydrogens (tertiary/aromatic N) is 2. The fraction of sp³-hybridized carbons (Fsp3) is 0.333. The van der Waals surface area contributed by atoms with Gasteiger partial charge in [0.25, 0.3) is 10.0 Å². The summed E-state index contributed by atoms with van der Waals surface area (Å²) >= 11 is 12.3. The second kappa shape index (κ2) is 15.1. The summed E-state index contributed by atoms with van der Waals surface area (Å²) in [6.45, 7) is 3.52. The zero-order valence-electron chi connectivity index (χ0n) is 24.0. The number of rotatable bonds is 14. The van der Waals surface area contributed by atoms with Gasteiger partial charge in [-0.3, -0.25) is 13.9 Å². The van der Waals surface area contributed by atoms with Gasteiger partial charge in [0.15, 0.2) is 11.5 Å². The quantitative estimate of drug-likeness (QED) is 0.233. The summed E-state index contributed by atoms with van der Waals surface area (Å²) < 4.78 is 39.7. The molecule has 0 saturated heterocycles. The molecule has 0 aliphatic carbocycles. The molecule has 3 aromatic rings. The Balaban J connectivity index is 2.04. The average Bonchev–Trinajstić information content (AvgIpc) is 2.98. The molecule has 12 heteroatoms. The number of carbonyl (C=O) groups excluding carboxylic acids is 2. The van der Waals surface area contributed by atoms with E-state index in [9.17, 15) is 18.0 Å². The molecule has 1 atom stereocenters. The van der Waals surface area contributed by atoms with Gasteiger partial charge >= 0.3 is 0 Å². The van der Waals surface area contributed by atoms with Crippen LogP contribution in [0.25, 0.3) is 0 Å². The van der Waals surface area contributed by atoms with E-state index in [4.69, 9.17) is 32.7 Å². The molecule has 42 heavy (non-hydrogen) atoms. The SMILES string of the molecule is CCCCNC(=O)[C@@H](C)N(Cc1cccc(Cl)c1)C(=O)CN(c1ccc(Cl)cc1)S(=O)(=O)c1ccc(OC)c(OC)c1. The van der Waals surface area contributed by atoms with Crippen molar-refractivity contribution in [2.24, 2.45) is 0 Å². The monoisotopic (exact) mass is 635 g/mol. The number of anilines is 1. The van der Waals surface area contributed by atoms with Gasteiger partial charge in [0.2, 0.25) is 11.8 Å². The highest BCUT2D eigenvalue weighted by Gasteiger charge is 2.33. The Bertz CT molecular complexity index is 1480. The third kappa shape index (κ3) is 8.30. The van der Waals surface area contributed by atoms with Crippen LogP contribution in [-0.2, 0) is 26.2 Å². The number of hydrogen-bond donors (Lipinski definition) is 1. The van der Waals surface area contributed by atoms with Gasteiger partial charge in [0, 0.05) is 29.2 Å². The van der Waals surface area contributed by atoms with Crippen molar-refractivity contribution >= 4 is 50.7 Å². The molecule has 0 spiro atoms. The second-order valence-electron chi connectivity index (χ2n) is 9.48. The molecule has 226 valence electrons. The van der Waals surface area contributed by atoms with E-state index in [0.717, 1.165) is 17.1 Å². The van der Waals surface area contributed by atoms with Crippen molar-refractivity contribution in [2.75, 3.05) is 31.6 Å². The highest BCUT2D eigenvalue weighted by Crippen LogP contribution is 2.32. The molecule has 0 heterocycles. The van der Waals surface area contributed by atoms with Crippen LogP contribution in [0.5, 0.6) is 11.5 Å². The minimum absolute atomic E-state index is 0.0343. The normalized spacial score (nSPS) is 11.9. The van der Waals surface area contributed by atoms with Gasteiger partial charge < -0.3 is 19.7 Å². The summed E-state index contributed by atoms with van der Waals surface area (Å²) in [7, 11) is -1.47. The molecule has 0 aliphatic heterocycles. The van der Waals surface area contributed by atoms with Gasteiger partial charge in [-0.25, -0.2) is 8.42 Å². The van der Waals surface area contributed by atoms with Crippen molar-refractivity contribution < 1.29 is 27.5 Å². The first-order chi connectivity index (χ1) is 20.0. The lowest BCUT2D eigenvalue weighted by Crippen LogP contribution is -2.51. The highest BCUT2D eigenvalue weighted by atomic mass is 35.5. The highest BCUT2D eigenvalue weighted by molar-refractivity contribution is 7.92. The van der Waals surface area contributed by atoms with E-state index >= 15 is 0 Å². The third-order valence-corrected chi connectivity index (χ3v) is 8.83. The fourth-order valence-electron chi connectivity index (χ4n) is 4.19. The van der Waals surface area contributed by atoms with E-state index in [0.29, 0.717) is 27.9 Å². The topological polar surface area (TPSA) is 105 Å². The Hall–Kier alpha value is -3.47. The van der Waals surface area contributed by atoms with Gasteiger partial charge in [-0.1, -0.05) is 48.7 Å². The molecule has 0 bridgehead atoms. The molecule has 0 aromatic heterocycles. The molecular formula is C30H35Cl2N3O6S. The maximum atomic E-state index is 14.1. The maximum Gasteiger partial charge on any atom is 0.264 e. The molecule has 2 amide bonds. The van der Waals surface area contributed by atoms with Crippen LogP contribution in [0.3, 0.4) is 0 Å². The average molecular weight is 637 g/mol. The van der Waals surface area contributed by atoms with E-state index in [1.165, 1.54) is 61.6 Å². The Morgan fingerprint density at radius 1 is 0.929 bits per heavy atom. The number of methoxy groups -OCH3 is 2. The maximum absolute atomic E-state index is 14.1. The summed E-state index contributed by atoms with van der Waals surface area (Å²) in [5, 5.41) is 3.72. The van der Waals surface area contributed by atoms with Crippen LogP contribution in [0.1, 0.15) is 32.3 Å². The Morgan fingerprint density at radius 3 is 2.24 bits per heavy atom. The first-order valence-electron chi connectivity index (χ1n) is 13.3. The molecular weight excluding hydrogens is 601 g/mol. The number of unbranched alkanes of at least 4 members (excludes halogenated alkanes) is 1. The molecule has 0 radical (unpaired) electrons. The molecule has 3 aromatic carbocycles. The van der Waals surface area contributed by atoms with E-state index < -0.39 is 28.5 Å². The van der Waals surface area contributed by atoms with Gasteiger partial charge in [-0.05, 0) is 67.4 Å². The van der Waals surface area contributed by atoms with E-state index in [-0.39, 0.29) is 28.8 Å². The Kier molecular flexibility index (Phi) is 11.9. The van der Waals surface area contributed by atoms with Crippen LogP contribution in [0.4, 0.5) is 5.69 Å². The number of halogens is 2. The van der Waals surface area contributed by atoms with Gasteiger partial charge in [0.1, 0.15) is 12.6 Å². The molecule has 0 fully saturated rings. The molecule has 9 nitrogen and oxygen atoms in total. The molecule has 1 N–H and O–H groups in total. The van der Waals surface area contributed by atoms with Gasteiger partial charge in [-0.15, -0.1) is 0 Å². The van der Waals surface area contributed by atoms with Crippen LogP contribution >= 0.6 is 23.2 Å². The smallest absolute Gasteiger partial charge is 0.264 e. The summed E-state index contributed by atoms with van der Waals surface area (Å²) in [6, 6.07) is 16.3. The van der Waals surface area contributed by atoms with E-state index in [1.807, 2.05) is 6.92 Å². The van der Waals surface area contributed by atoms with Crippen LogP contribution in [0.15, 0.2) is 71.6 Å². The Morgan fingerprint density at radius 2 is 1.62 bits per heavy atom. The van der Waals surface area contributed by atoms with E-state index in [1.54, 1.807) is 31.2 Å². The third-order valence-electron chi connectivity index (χ3n) is 6.58. The van der Waals surface area contributed by atoms with Crippen molar-refractivity contribution in [3.8, 4) is 11.5 Å². The number of amides is 2. The minimum Gasteiger partial charge on any atom is -0.493 e. The summed E-state index contributed by atoms with van der Waals surface area (Å²) in [6.07, 6.45) is 1.68. The summed E-state index contributed by atoms with van der Waals surface area (Å²) in [5.74, 6) is -0.381. The van der Waals surface area contributed by atoms with Crippen LogP contribution in [0, 0.1) is 0 Å². The largest absolute Gasteiger partial charge is 0.493 e. The standard InChI is InChI=1S/C30H35Cl2N3O6S/c1-5-6-16-33-30(37)21(2)34(19-22-8-7-9-24(32)17-22)29(36)20-35(25-12-10-23(31)11-13-25)42(38,39)26-14-15-27(40-3)28(18-26)41-4/h7-15,17-18,21H,5-6,16,19-20H2,1-4H3,(H,33,37)/t21-/m1/s1. The Labute approximate surface area is 257 Å². The summed E-state index contributed by atoms with van der Waals surface area (Å²) in [4.78, 5) is 28.3. The number of ether oxygens (including phenoxy) is 2. The van der Waals surface area contributed by atoms with Crippen molar-refractivity contribution in [3.05, 3.63) is 82.3 Å². The molecule has 3 rings (SSSR count). The van der Waals surface area contributed by atoms with E-state index in [2.05, 4.69) is 5.32 Å². The second-order valence-corrected chi connectivity index (χ2v) is 12.2. The fourth-order valence-corrected chi connectivity index (χ4v) is 5.96. The molecule has 0 saturated carbocycles. The predicted molar refractivity (Wildman–Crippen MR) is 165 cm³/mol. The first-order valence-corrected chi connectivity index (χ1v) is 15.5. The number of nitrogens with one attached hydrogen (secondary N) is 1. The number of sulfonamides is 1. The molecule has 0 aliphatic rings. The lowest BCUT2D eigenvalue weighted by Gasteiger charge is -2.32. The van der Waals surface area contributed by atoms with Gasteiger partial charge in [-0.2, -0.15) is 0 Å². The minimum atomic E-state index is -4.31. The molecule has 0 unspecified atom stereocenters. The van der Waals surface area contributed by atoms with Crippen molar-refractivity contribution in [2.45, 2.75) is 44.2 Å². The lowest BCUT2D eigenvalue weighted by atomic mass is 10.1. The van der Waals surface area contributed by atoms with Crippen molar-refractivity contribution in [3.63, 3.8) is 0 Å². The zero-order chi connectivity index (χ0) is 30.9. The first kappa shape index (κ1) is 33.0.